The number of pyridine rings is 1. The molecule has 1 fully saturated rings. The number of nitrogens with one attached hydrogen (secondary N) is 2. The minimum Gasteiger partial charge on any atom is -0.273 e. The van der Waals surface area contributed by atoms with Crippen molar-refractivity contribution in [3.05, 3.63) is 29.0 Å². The zero-order valence-electron chi connectivity index (χ0n) is 8.37. The fourth-order valence-corrected chi connectivity index (χ4v) is 1.26. The second-order valence-electron chi connectivity index (χ2n) is 3.59. The molecule has 1 aromatic heterocycles. The smallest absolute Gasteiger partial charge is 0.271 e. The van der Waals surface area contributed by atoms with Gasteiger partial charge in [-0.05, 0) is 25.0 Å². The molecule has 0 saturated heterocycles. The monoisotopic (exact) mass is 239 g/mol. The third kappa shape index (κ3) is 2.70. The topological polar surface area (TPSA) is 71.1 Å². The van der Waals surface area contributed by atoms with Crippen molar-refractivity contribution in [2.75, 3.05) is 0 Å². The molecule has 5 nitrogen and oxygen atoms in total. The second kappa shape index (κ2) is 4.49. The number of rotatable bonds is 2. The molecule has 0 unspecified atom stereocenters. The van der Waals surface area contributed by atoms with Crippen LogP contribution in [0, 0.1) is 5.92 Å². The Bertz CT molecular complexity index is 415. The zero-order valence-corrected chi connectivity index (χ0v) is 9.12. The van der Waals surface area contributed by atoms with Crippen molar-refractivity contribution in [1.29, 1.82) is 0 Å². The first-order chi connectivity index (χ1) is 7.66. The van der Waals surface area contributed by atoms with Gasteiger partial charge in [-0.15, -0.1) is 0 Å². The van der Waals surface area contributed by atoms with Gasteiger partial charge < -0.3 is 0 Å². The highest BCUT2D eigenvalue weighted by Gasteiger charge is 2.29. The normalized spacial score (nSPS) is 14.3. The first-order valence-electron chi connectivity index (χ1n) is 4.88. The SMILES string of the molecule is O=C(NNC(=O)C1CC1)c1ccc(Cl)nc1. The lowest BCUT2D eigenvalue weighted by molar-refractivity contribution is -0.123. The van der Waals surface area contributed by atoms with Gasteiger partial charge in [-0.1, -0.05) is 11.6 Å². The molecule has 0 bridgehead atoms. The number of aromatic nitrogens is 1. The summed E-state index contributed by atoms with van der Waals surface area (Å²) in [5.74, 6) is -0.489. The summed E-state index contributed by atoms with van der Waals surface area (Å²) in [5, 5.41) is 0.318. The molecule has 6 heteroatoms. The predicted octanol–water partition coefficient (Wildman–Crippen LogP) is 0.906. The van der Waals surface area contributed by atoms with Crippen LogP contribution in [0.5, 0.6) is 0 Å². The number of halogens is 1. The standard InChI is InChI=1S/C10H10ClN3O2/c11-8-4-3-7(5-12-8)10(16)14-13-9(15)6-1-2-6/h3-6H,1-2H2,(H,13,15)(H,14,16). The Labute approximate surface area is 97.2 Å². The van der Waals surface area contributed by atoms with Crippen LogP contribution in [0.2, 0.25) is 5.15 Å². The average molecular weight is 240 g/mol. The van der Waals surface area contributed by atoms with Gasteiger partial charge in [0.15, 0.2) is 0 Å². The molecule has 1 aliphatic carbocycles. The van der Waals surface area contributed by atoms with Crippen molar-refractivity contribution in [2.45, 2.75) is 12.8 Å². The van der Waals surface area contributed by atoms with Crippen LogP contribution in [-0.2, 0) is 4.79 Å². The minimum atomic E-state index is -0.404. The number of nitrogens with zero attached hydrogens (tertiary/aromatic N) is 1. The van der Waals surface area contributed by atoms with Gasteiger partial charge in [-0.3, -0.25) is 20.4 Å². The van der Waals surface area contributed by atoms with Crippen molar-refractivity contribution in [3.63, 3.8) is 0 Å². The van der Waals surface area contributed by atoms with Gasteiger partial charge >= 0.3 is 0 Å². The Kier molecular flexibility index (Phi) is 3.05. The summed E-state index contributed by atoms with van der Waals surface area (Å²) < 4.78 is 0. The number of hydrazine groups is 1. The highest BCUT2D eigenvalue weighted by molar-refractivity contribution is 6.29. The van der Waals surface area contributed by atoms with Gasteiger partial charge in [0, 0.05) is 12.1 Å². The molecule has 0 radical (unpaired) electrons. The molecule has 2 amide bonds. The lowest BCUT2D eigenvalue weighted by atomic mass is 10.3. The number of carbonyl (C=O) groups excluding carboxylic acids is 2. The lowest BCUT2D eigenvalue weighted by Gasteiger charge is -2.05. The van der Waals surface area contributed by atoms with Crippen LogP contribution in [0.25, 0.3) is 0 Å². The van der Waals surface area contributed by atoms with Crippen molar-refractivity contribution < 1.29 is 9.59 Å². The van der Waals surface area contributed by atoms with E-state index in [2.05, 4.69) is 15.8 Å². The summed E-state index contributed by atoms with van der Waals surface area (Å²) in [6, 6.07) is 3.05. The summed E-state index contributed by atoms with van der Waals surface area (Å²) in [6.07, 6.45) is 3.13. The Morgan fingerprint density at radius 1 is 1.31 bits per heavy atom. The molecule has 1 saturated carbocycles. The average Bonchev–Trinajstić information content (AvgIpc) is 3.10. The van der Waals surface area contributed by atoms with Crippen LogP contribution in [0.4, 0.5) is 0 Å². The number of hydrogen-bond acceptors (Lipinski definition) is 3. The maximum atomic E-state index is 11.5. The van der Waals surface area contributed by atoms with Crippen molar-refractivity contribution in [1.82, 2.24) is 15.8 Å². The fourth-order valence-electron chi connectivity index (χ4n) is 1.15. The molecule has 0 aliphatic heterocycles. The molecule has 1 aromatic rings. The molecule has 0 aromatic carbocycles. The van der Waals surface area contributed by atoms with E-state index in [4.69, 9.17) is 11.6 Å². The maximum absolute atomic E-state index is 11.5. The van der Waals surface area contributed by atoms with Crippen LogP contribution in [0.1, 0.15) is 23.2 Å². The van der Waals surface area contributed by atoms with Crippen LogP contribution >= 0.6 is 11.6 Å². The lowest BCUT2D eigenvalue weighted by Crippen LogP contribution is -2.42. The quantitative estimate of drug-likeness (QED) is 0.595. The molecule has 1 heterocycles. The molecule has 2 N–H and O–H groups in total. The van der Waals surface area contributed by atoms with E-state index in [-0.39, 0.29) is 11.8 Å². The van der Waals surface area contributed by atoms with Crippen molar-refractivity contribution >= 4 is 23.4 Å². The first kappa shape index (κ1) is 10.9. The number of carbonyl (C=O) groups is 2. The minimum absolute atomic E-state index is 0.0589. The van der Waals surface area contributed by atoms with Gasteiger partial charge in [0.25, 0.3) is 5.91 Å². The van der Waals surface area contributed by atoms with E-state index in [9.17, 15) is 9.59 Å². The van der Waals surface area contributed by atoms with Crippen LogP contribution in [-0.4, -0.2) is 16.8 Å². The molecular formula is C10H10ClN3O2. The highest BCUT2D eigenvalue weighted by atomic mass is 35.5. The van der Waals surface area contributed by atoms with E-state index in [0.717, 1.165) is 12.8 Å². The van der Waals surface area contributed by atoms with Crippen molar-refractivity contribution in [2.24, 2.45) is 5.92 Å². The summed E-state index contributed by atoms with van der Waals surface area (Å²) in [5.41, 5.74) is 5.02. The van der Waals surface area contributed by atoms with Gasteiger partial charge in [0.2, 0.25) is 5.91 Å². The van der Waals surface area contributed by atoms with Crippen LogP contribution < -0.4 is 10.9 Å². The second-order valence-corrected chi connectivity index (χ2v) is 3.97. The molecule has 84 valence electrons. The summed E-state index contributed by atoms with van der Waals surface area (Å²) in [4.78, 5) is 26.5. The Hall–Kier alpha value is -1.62. The van der Waals surface area contributed by atoms with Gasteiger partial charge in [-0.25, -0.2) is 4.98 Å². The summed E-state index contributed by atoms with van der Waals surface area (Å²) >= 11 is 5.58. The molecule has 0 spiro atoms. The third-order valence-corrected chi connectivity index (χ3v) is 2.46. The molecule has 0 atom stereocenters. The highest BCUT2D eigenvalue weighted by Crippen LogP contribution is 2.28. The fraction of sp³-hybridized carbons (Fsp3) is 0.300. The first-order valence-corrected chi connectivity index (χ1v) is 5.26. The Balaban J connectivity index is 1.87. The number of hydrogen-bond donors (Lipinski definition) is 2. The van der Waals surface area contributed by atoms with Crippen LogP contribution in [0.15, 0.2) is 18.3 Å². The molecular weight excluding hydrogens is 230 g/mol. The van der Waals surface area contributed by atoms with Crippen molar-refractivity contribution in [3.8, 4) is 0 Å². The summed E-state index contributed by atoms with van der Waals surface area (Å²) in [6.45, 7) is 0. The van der Waals surface area contributed by atoms with E-state index in [1.54, 1.807) is 0 Å². The maximum Gasteiger partial charge on any atom is 0.271 e. The predicted molar refractivity (Wildman–Crippen MR) is 57.6 cm³/mol. The zero-order chi connectivity index (χ0) is 11.5. The molecule has 1 aliphatic rings. The van der Waals surface area contributed by atoms with E-state index < -0.39 is 5.91 Å². The van der Waals surface area contributed by atoms with E-state index >= 15 is 0 Å². The van der Waals surface area contributed by atoms with E-state index in [1.807, 2.05) is 0 Å². The van der Waals surface area contributed by atoms with Gasteiger partial charge in [-0.2, -0.15) is 0 Å². The van der Waals surface area contributed by atoms with E-state index in [0.29, 0.717) is 10.7 Å². The molecule has 16 heavy (non-hydrogen) atoms. The third-order valence-electron chi connectivity index (χ3n) is 2.24. The summed E-state index contributed by atoms with van der Waals surface area (Å²) in [7, 11) is 0. The van der Waals surface area contributed by atoms with Crippen LogP contribution in [0.3, 0.4) is 0 Å². The molecule has 2 rings (SSSR count). The Morgan fingerprint density at radius 2 is 2.06 bits per heavy atom. The van der Waals surface area contributed by atoms with Gasteiger partial charge in [0.05, 0.1) is 5.56 Å². The van der Waals surface area contributed by atoms with E-state index in [1.165, 1.54) is 18.3 Å². The van der Waals surface area contributed by atoms with Gasteiger partial charge in [0.1, 0.15) is 5.15 Å². The number of amides is 2. The Morgan fingerprint density at radius 3 is 2.62 bits per heavy atom. The largest absolute Gasteiger partial charge is 0.273 e.